The number of esters is 1. The topological polar surface area (TPSA) is 38.8 Å². The Labute approximate surface area is 104 Å². The lowest BCUT2D eigenvalue weighted by molar-refractivity contribution is -0.144. The van der Waals surface area contributed by atoms with Gasteiger partial charge in [-0.1, -0.05) is 26.2 Å². The zero-order valence-electron chi connectivity index (χ0n) is 11.0. The van der Waals surface area contributed by atoms with Crippen LogP contribution in [-0.2, 0) is 14.3 Å². The molecule has 2 aliphatic rings. The Morgan fingerprint density at radius 3 is 2.82 bits per heavy atom. The number of carbonyl (C=O) groups excluding carboxylic acids is 1. The third-order valence-electron chi connectivity index (χ3n) is 4.21. The van der Waals surface area contributed by atoms with E-state index in [2.05, 4.69) is 6.92 Å². The fourth-order valence-electron chi connectivity index (χ4n) is 3.26. The van der Waals surface area contributed by atoms with E-state index in [4.69, 9.17) is 9.47 Å². The molecular weight excluding hydrogens is 216 g/mol. The summed E-state index contributed by atoms with van der Waals surface area (Å²) in [6.07, 6.45) is 8.14. The van der Waals surface area contributed by atoms with Crippen molar-refractivity contribution in [2.75, 3.05) is 6.61 Å². The van der Waals surface area contributed by atoms with Crippen molar-refractivity contribution >= 4 is 5.97 Å². The van der Waals surface area contributed by atoms with Gasteiger partial charge in [0, 0.05) is 5.92 Å². The Hall–Kier alpha value is -0.570. The van der Waals surface area contributed by atoms with Crippen molar-refractivity contribution in [2.45, 2.75) is 70.5 Å². The maximum Gasteiger partial charge on any atom is 0.306 e. The maximum absolute atomic E-state index is 11.6. The van der Waals surface area contributed by atoms with Crippen molar-refractivity contribution < 1.29 is 14.3 Å². The molecule has 1 saturated carbocycles. The summed E-state index contributed by atoms with van der Waals surface area (Å²) in [5, 5.41) is 0. The molecule has 0 aromatic rings. The van der Waals surface area contributed by atoms with Gasteiger partial charge < -0.3 is 9.47 Å². The van der Waals surface area contributed by atoms with Crippen LogP contribution in [0.2, 0.25) is 0 Å². The van der Waals surface area contributed by atoms with E-state index in [0.29, 0.717) is 25.0 Å². The van der Waals surface area contributed by atoms with Crippen LogP contribution in [0.3, 0.4) is 0 Å². The third-order valence-corrected chi connectivity index (χ3v) is 4.21. The second kappa shape index (κ2) is 5.38. The first-order valence-electron chi connectivity index (χ1n) is 7.06. The molecule has 0 spiro atoms. The highest BCUT2D eigenvalue weighted by molar-refractivity contribution is 5.70. The van der Waals surface area contributed by atoms with Gasteiger partial charge in [0.05, 0.1) is 24.7 Å². The van der Waals surface area contributed by atoms with Gasteiger partial charge in [-0.3, -0.25) is 4.79 Å². The first-order chi connectivity index (χ1) is 8.23. The summed E-state index contributed by atoms with van der Waals surface area (Å²) in [6.45, 7) is 4.56. The second-order valence-electron chi connectivity index (χ2n) is 5.30. The smallest absolute Gasteiger partial charge is 0.306 e. The molecule has 2 fully saturated rings. The molecule has 3 heteroatoms. The van der Waals surface area contributed by atoms with Crippen LogP contribution >= 0.6 is 0 Å². The molecule has 1 heterocycles. The van der Waals surface area contributed by atoms with Crippen molar-refractivity contribution in [3.8, 4) is 0 Å². The van der Waals surface area contributed by atoms with Crippen LogP contribution in [0.5, 0.6) is 0 Å². The first kappa shape index (κ1) is 12.9. The lowest BCUT2D eigenvalue weighted by Crippen LogP contribution is -2.25. The van der Waals surface area contributed by atoms with Gasteiger partial charge in [0.25, 0.3) is 0 Å². The van der Waals surface area contributed by atoms with E-state index >= 15 is 0 Å². The Kier molecular flexibility index (Phi) is 4.08. The van der Waals surface area contributed by atoms with E-state index in [1.165, 1.54) is 19.3 Å². The molecule has 0 N–H and O–H groups in total. The van der Waals surface area contributed by atoms with Gasteiger partial charge in [-0.25, -0.2) is 0 Å². The summed E-state index contributed by atoms with van der Waals surface area (Å²) < 4.78 is 10.9. The monoisotopic (exact) mass is 240 g/mol. The van der Waals surface area contributed by atoms with Crippen molar-refractivity contribution in [1.29, 1.82) is 0 Å². The molecule has 0 aromatic carbocycles. The quantitative estimate of drug-likeness (QED) is 0.390. The predicted molar refractivity (Wildman–Crippen MR) is 65.7 cm³/mol. The fraction of sp³-hybridized carbons (Fsp3) is 0.929. The number of carbonyl (C=O) groups is 1. The van der Waals surface area contributed by atoms with E-state index in [-0.39, 0.29) is 11.6 Å². The number of rotatable bonds is 7. The number of hydrogen-bond acceptors (Lipinski definition) is 3. The van der Waals surface area contributed by atoms with E-state index in [0.717, 1.165) is 19.3 Å². The highest BCUT2D eigenvalue weighted by atomic mass is 16.6. The summed E-state index contributed by atoms with van der Waals surface area (Å²) in [5.74, 6) is 0.354. The molecule has 3 atom stereocenters. The largest absolute Gasteiger partial charge is 0.466 e. The molecule has 98 valence electrons. The zero-order valence-corrected chi connectivity index (χ0v) is 11.0. The van der Waals surface area contributed by atoms with Crippen LogP contribution in [0, 0.1) is 5.92 Å². The molecular formula is C14H24O3. The minimum atomic E-state index is -0.0523. The third kappa shape index (κ3) is 2.65. The van der Waals surface area contributed by atoms with Crippen LogP contribution in [-0.4, -0.2) is 24.3 Å². The van der Waals surface area contributed by atoms with Crippen LogP contribution in [0.15, 0.2) is 0 Å². The van der Waals surface area contributed by atoms with Gasteiger partial charge >= 0.3 is 5.97 Å². The van der Waals surface area contributed by atoms with Crippen LogP contribution < -0.4 is 0 Å². The number of epoxide rings is 1. The zero-order chi connectivity index (χ0) is 12.3. The SMILES string of the molecule is CCCCC[C@@]12OC1CC[C@@H]2CC(=O)OCC. The maximum atomic E-state index is 11.6. The van der Waals surface area contributed by atoms with Crippen LogP contribution in [0.25, 0.3) is 0 Å². The Morgan fingerprint density at radius 1 is 1.35 bits per heavy atom. The van der Waals surface area contributed by atoms with E-state index in [1.54, 1.807) is 0 Å². The normalized spacial score (nSPS) is 34.5. The lowest BCUT2D eigenvalue weighted by Gasteiger charge is -2.19. The van der Waals surface area contributed by atoms with Gasteiger partial charge in [0.2, 0.25) is 0 Å². The summed E-state index contributed by atoms with van der Waals surface area (Å²) >= 11 is 0. The standard InChI is InChI=1S/C14H24O3/c1-3-5-6-9-14-11(7-8-12(14)17-14)10-13(15)16-4-2/h11-12H,3-10H2,1-2H3/t11-,12?,14+/m1/s1. The van der Waals surface area contributed by atoms with Crippen LogP contribution in [0.4, 0.5) is 0 Å². The highest BCUT2D eigenvalue weighted by Crippen LogP contribution is 2.57. The van der Waals surface area contributed by atoms with Crippen molar-refractivity contribution in [1.82, 2.24) is 0 Å². The Morgan fingerprint density at radius 2 is 2.18 bits per heavy atom. The summed E-state index contributed by atoms with van der Waals surface area (Å²) in [4.78, 5) is 11.6. The molecule has 3 nitrogen and oxygen atoms in total. The Bertz CT molecular complexity index is 277. The predicted octanol–water partition coefficient (Wildman–Crippen LogP) is 3.07. The van der Waals surface area contributed by atoms with Gasteiger partial charge in [0.15, 0.2) is 0 Å². The van der Waals surface area contributed by atoms with Crippen molar-refractivity contribution in [3.05, 3.63) is 0 Å². The van der Waals surface area contributed by atoms with Crippen molar-refractivity contribution in [2.24, 2.45) is 5.92 Å². The summed E-state index contributed by atoms with van der Waals surface area (Å²) in [5.41, 5.74) is 0.0575. The van der Waals surface area contributed by atoms with Gasteiger partial charge in [-0.15, -0.1) is 0 Å². The fourth-order valence-corrected chi connectivity index (χ4v) is 3.26. The lowest BCUT2D eigenvalue weighted by atomic mass is 9.87. The van der Waals surface area contributed by atoms with E-state index in [1.807, 2.05) is 6.92 Å². The minimum Gasteiger partial charge on any atom is -0.466 e. The molecule has 2 rings (SSSR count). The molecule has 1 aliphatic carbocycles. The number of ether oxygens (including phenoxy) is 2. The minimum absolute atomic E-state index is 0.0523. The summed E-state index contributed by atoms with van der Waals surface area (Å²) in [6, 6.07) is 0. The average Bonchev–Trinajstić information content (AvgIpc) is 2.91. The Balaban J connectivity index is 1.83. The van der Waals surface area contributed by atoms with E-state index in [9.17, 15) is 4.79 Å². The number of hydrogen-bond donors (Lipinski definition) is 0. The molecule has 17 heavy (non-hydrogen) atoms. The number of fused-ring (bicyclic) bond motifs is 1. The second-order valence-corrected chi connectivity index (χ2v) is 5.30. The average molecular weight is 240 g/mol. The first-order valence-corrected chi connectivity index (χ1v) is 7.06. The van der Waals surface area contributed by atoms with Crippen molar-refractivity contribution in [3.63, 3.8) is 0 Å². The molecule has 0 radical (unpaired) electrons. The van der Waals surface area contributed by atoms with Gasteiger partial charge in [-0.05, 0) is 26.2 Å². The summed E-state index contributed by atoms with van der Waals surface area (Å²) in [7, 11) is 0. The van der Waals surface area contributed by atoms with E-state index < -0.39 is 0 Å². The molecule has 0 aromatic heterocycles. The molecule has 0 amide bonds. The molecule has 0 bridgehead atoms. The number of unbranched alkanes of at least 4 members (excludes halogenated alkanes) is 2. The molecule has 1 unspecified atom stereocenters. The highest BCUT2D eigenvalue weighted by Gasteiger charge is 2.64. The molecule has 1 aliphatic heterocycles. The van der Waals surface area contributed by atoms with Crippen LogP contribution in [0.1, 0.15) is 58.8 Å². The molecule has 1 saturated heterocycles. The van der Waals surface area contributed by atoms with Gasteiger partial charge in [-0.2, -0.15) is 0 Å². The van der Waals surface area contributed by atoms with Gasteiger partial charge in [0.1, 0.15) is 0 Å².